The van der Waals surface area contributed by atoms with Crippen LogP contribution in [0.1, 0.15) is 0 Å². The smallest absolute Gasteiger partial charge is 0.138 e. The van der Waals surface area contributed by atoms with Crippen molar-refractivity contribution < 1.29 is 4.74 Å². The van der Waals surface area contributed by atoms with E-state index in [1.54, 1.807) is 6.20 Å². The Labute approximate surface area is 213 Å². The largest absolute Gasteiger partial charge is 0.457 e. The van der Waals surface area contributed by atoms with Gasteiger partial charge in [-0.25, -0.2) is 9.67 Å². The standard InChI is InChI=1S/C32H22N4O/c1-2-9-23(10-3-1)29-14-7-16-32(34-29)36-30-15-5-4-13-27(30)28-18-17-26(22-31(28)36)37-25-12-6-11-24(21-25)35-20-8-19-33-35/h1-22H. The molecule has 0 N–H and O–H groups in total. The molecule has 0 aliphatic heterocycles. The van der Waals surface area contributed by atoms with Gasteiger partial charge in [0.25, 0.3) is 0 Å². The molecule has 0 aliphatic rings. The molecule has 5 nitrogen and oxygen atoms in total. The Morgan fingerprint density at radius 3 is 2.30 bits per heavy atom. The average Bonchev–Trinajstić information content (AvgIpc) is 3.61. The summed E-state index contributed by atoms with van der Waals surface area (Å²) in [6, 6.07) is 40.9. The number of aromatic nitrogens is 4. The molecule has 7 aromatic rings. The SMILES string of the molecule is c1ccc(-c2cccc(-n3c4ccccc4c4ccc(Oc5cccc(-n6cccn6)c5)cc43)n2)cc1. The maximum atomic E-state index is 6.33. The van der Waals surface area contributed by atoms with E-state index < -0.39 is 0 Å². The number of nitrogens with zero attached hydrogens (tertiary/aromatic N) is 4. The Bertz CT molecular complexity index is 1850. The van der Waals surface area contributed by atoms with Gasteiger partial charge in [0.2, 0.25) is 0 Å². The predicted molar refractivity (Wildman–Crippen MR) is 148 cm³/mol. The third-order valence-corrected chi connectivity index (χ3v) is 6.50. The first-order chi connectivity index (χ1) is 18.3. The molecular weight excluding hydrogens is 456 g/mol. The number of benzene rings is 4. The highest BCUT2D eigenvalue weighted by atomic mass is 16.5. The molecule has 3 heterocycles. The Kier molecular flexibility index (Phi) is 5.03. The van der Waals surface area contributed by atoms with Crippen LogP contribution in [0.4, 0.5) is 0 Å². The summed E-state index contributed by atoms with van der Waals surface area (Å²) < 4.78 is 10.4. The van der Waals surface area contributed by atoms with Gasteiger partial charge in [0.05, 0.1) is 22.4 Å². The van der Waals surface area contributed by atoms with Crippen LogP contribution >= 0.6 is 0 Å². The molecule has 0 radical (unpaired) electrons. The molecular formula is C32H22N4O. The number of pyridine rings is 1. The summed E-state index contributed by atoms with van der Waals surface area (Å²) in [6.07, 6.45) is 3.68. The Morgan fingerprint density at radius 1 is 0.595 bits per heavy atom. The van der Waals surface area contributed by atoms with Gasteiger partial charge in [-0.15, -0.1) is 0 Å². The van der Waals surface area contributed by atoms with Gasteiger partial charge in [-0.3, -0.25) is 4.57 Å². The lowest BCUT2D eigenvalue weighted by Gasteiger charge is -2.11. The van der Waals surface area contributed by atoms with Crippen molar-refractivity contribution in [2.24, 2.45) is 0 Å². The van der Waals surface area contributed by atoms with E-state index in [1.165, 1.54) is 5.39 Å². The van der Waals surface area contributed by atoms with Gasteiger partial charge in [-0.1, -0.05) is 60.7 Å². The highest BCUT2D eigenvalue weighted by molar-refractivity contribution is 6.09. The Morgan fingerprint density at radius 2 is 1.41 bits per heavy atom. The molecule has 3 aromatic heterocycles. The fourth-order valence-corrected chi connectivity index (χ4v) is 4.83. The zero-order valence-electron chi connectivity index (χ0n) is 19.9. The van der Waals surface area contributed by atoms with E-state index in [9.17, 15) is 0 Å². The molecule has 0 atom stereocenters. The maximum Gasteiger partial charge on any atom is 0.138 e. The molecule has 7 rings (SSSR count). The highest BCUT2D eigenvalue weighted by Gasteiger charge is 2.15. The quantitative estimate of drug-likeness (QED) is 0.253. The number of rotatable bonds is 5. The van der Waals surface area contributed by atoms with Crippen molar-refractivity contribution in [1.82, 2.24) is 19.3 Å². The minimum Gasteiger partial charge on any atom is -0.457 e. The van der Waals surface area contributed by atoms with Crippen molar-refractivity contribution in [2.45, 2.75) is 0 Å². The van der Waals surface area contributed by atoms with Crippen LogP contribution < -0.4 is 4.74 Å². The first-order valence-electron chi connectivity index (χ1n) is 12.2. The molecule has 0 bridgehead atoms. The van der Waals surface area contributed by atoms with Crippen LogP contribution in [-0.2, 0) is 0 Å². The molecule has 0 amide bonds. The lowest BCUT2D eigenvalue weighted by atomic mass is 10.1. The molecule has 4 aromatic carbocycles. The van der Waals surface area contributed by atoms with Crippen LogP contribution in [0.2, 0.25) is 0 Å². The van der Waals surface area contributed by atoms with E-state index in [0.717, 1.165) is 50.7 Å². The molecule has 0 fully saturated rings. The minimum atomic E-state index is 0.749. The van der Waals surface area contributed by atoms with Crippen molar-refractivity contribution in [3.63, 3.8) is 0 Å². The lowest BCUT2D eigenvalue weighted by Crippen LogP contribution is -1.98. The van der Waals surface area contributed by atoms with Crippen molar-refractivity contribution in [2.75, 3.05) is 0 Å². The van der Waals surface area contributed by atoms with E-state index in [1.807, 2.05) is 71.5 Å². The summed E-state index contributed by atoms with van der Waals surface area (Å²) in [5.74, 6) is 2.37. The van der Waals surface area contributed by atoms with Crippen LogP contribution in [0.3, 0.4) is 0 Å². The second-order valence-corrected chi connectivity index (χ2v) is 8.83. The van der Waals surface area contributed by atoms with E-state index in [-0.39, 0.29) is 0 Å². The highest BCUT2D eigenvalue weighted by Crippen LogP contribution is 2.35. The summed E-state index contributed by atoms with van der Waals surface area (Å²) in [4.78, 5) is 5.05. The van der Waals surface area contributed by atoms with Crippen molar-refractivity contribution >= 4 is 21.8 Å². The molecule has 0 spiro atoms. The van der Waals surface area contributed by atoms with Gasteiger partial charge < -0.3 is 4.74 Å². The fourth-order valence-electron chi connectivity index (χ4n) is 4.83. The van der Waals surface area contributed by atoms with Crippen molar-refractivity contribution in [3.8, 4) is 34.3 Å². The third-order valence-electron chi connectivity index (χ3n) is 6.50. The normalized spacial score (nSPS) is 11.2. The van der Waals surface area contributed by atoms with Crippen molar-refractivity contribution in [1.29, 1.82) is 0 Å². The first-order valence-corrected chi connectivity index (χ1v) is 12.2. The number of para-hydroxylation sites is 1. The van der Waals surface area contributed by atoms with Gasteiger partial charge >= 0.3 is 0 Å². The van der Waals surface area contributed by atoms with E-state index in [4.69, 9.17) is 9.72 Å². The second kappa shape index (κ2) is 8.81. The van der Waals surface area contributed by atoms with Gasteiger partial charge in [-0.05, 0) is 48.5 Å². The molecule has 5 heteroatoms. The zero-order valence-corrected chi connectivity index (χ0v) is 19.9. The summed E-state index contributed by atoms with van der Waals surface area (Å²) in [5, 5.41) is 6.66. The van der Waals surface area contributed by atoms with Crippen LogP contribution in [-0.4, -0.2) is 19.3 Å². The third kappa shape index (κ3) is 3.83. The predicted octanol–water partition coefficient (Wildman–Crippen LogP) is 7.82. The minimum absolute atomic E-state index is 0.749. The number of ether oxygens (including phenoxy) is 1. The Balaban J connectivity index is 1.35. The van der Waals surface area contributed by atoms with E-state index >= 15 is 0 Å². The van der Waals surface area contributed by atoms with Gasteiger partial charge in [0.1, 0.15) is 17.3 Å². The van der Waals surface area contributed by atoms with Gasteiger partial charge in [0, 0.05) is 40.9 Å². The van der Waals surface area contributed by atoms with E-state index in [0.29, 0.717) is 0 Å². The van der Waals surface area contributed by atoms with Crippen LogP contribution in [0.25, 0.3) is 44.6 Å². The van der Waals surface area contributed by atoms with Crippen molar-refractivity contribution in [3.05, 3.63) is 134 Å². The zero-order chi connectivity index (χ0) is 24.6. The monoisotopic (exact) mass is 478 g/mol. The molecule has 0 saturated carbocycles. The molecule has 0 saturated heterocycles. The molecule has 0 aliphatic carbocycles. The van der Waals surface area contributed by atoms with Gasteiger partial charge in [0.15, 0.2) is 0 Å². The fraction of sp³-hybridized carbons (Fsp3) is 0. The second-order valence-electron chi connectivity index (χ2n) is 8.83. The molecule has 176 valence electrons. The van der Waals surface area contributed by atoms with E-state index in [2.05, 4.69) is 70.3 Å². The summed E-state index contributed by atoms with van der Waals surface area (Å²) in [7, 11) is 0. The Hall–Kier alpha value is -5.16. The number of fused-ring (bicyclic) bond motifs is 3. The topological polar surface area (TPSA) is 44.9 Å². The maximum absolute atomic E-state index is 6.33. The number of hydrogen-bond donors (Lipinski definition) is 0. The van der Waals surface area contributed by atoms with Crippen LogP contribution in [0.5, 0.6) is 11.5 Å². The lowest BCUT2D eigenvalue weighted by molar-refractivity contribution is 0.483. The average molecular weight is 479 g/mol. The summed E-state index contributed by atoms with van der Waals surface area (Å²) >= 11 is 0. The first kappa shape index (κ1) is 21.1. The van der Waals surface area contributed by atoms with Gasteiger partial charge in [-0.2, -0.15) is 5.10 Å². The van der Waals surface area contributed by atoms with Crippen LogP contribution in [0.15, 0.2) is 134 Å². The number of hydrogen-bond acceptors (Lipinski definition) is 3. The summed E-state index contributed by atoms with van der Waals surface area (Å²) in [5.41, 5.74) is 5.12. The molecule has 0 unspecified atom stereocenters. The molecule has 37 heavy (non-hydrogen) atoms. The van der Waals surface area contributed by atoms with Crippen LogP contribution in [0, 0.1) is 0 Å². The summed E-state index contributed by atoms with van der Waals surface area (Å²) in [6.45, 7) is 0.